The Kier molecular flexibility index (Phi) is 2.77. The maximum atomic E-state index is 5.38. The number of H-pyrrole nitrogens is 1. The number of aromatic amines is 1. The third-order valence-electron chi connectivity index (χ3n) is 3.51. The highest BCUT2D eigenvalue weighted by Crippen LogP contribution is 2.22. The molecule has 1 aromatic heterocycles. The first kappa shape index (κ1) is 10.4. The minimum Gasteiger partial charge on any atom is -0.381 e. The van der Waals surface area contributed by atoms with Crippen LogP contribution in [0.3, 0.4) is 0 Å². The molecular formula is C12H16N2OS. The van der Waals surface area contributed by atoms with E-state index in [-0.39, 0.29) is 0 Å². The average Bonchev–Trinajstić information content (AvgIpc) is 2.87. The number of hydrogen-bond acceptors (Lipinski definition) is 3. The molecule has 3 rings (SSSR count). The van der Waals surface area contributed by atoms with Crippen molar-refractivity contribution >= 4 is 12.2 Å². The van der Waals surface area contributed by atoms with Crippen LogP contribution in [0.4, 0.5) is 0 Å². The number of hydrogen-bond donors (Lipinski definition) is 1. The number of ether oxygens (including phenoxy) is 1. The van der Waals surface area contributed by atoms with Gasteiger partial charge in [-0.2, -0.15) is 0 Å². The smallest absolute Gasteiger partial charge is 0.133 e. The molecule has 86 valence electrons. The van der Waals surface area contributed by atoms with E-state index in [0.29, 0.717) is 5.92 Å². The maximum absolute atomic E-state index is 5.38. The van der Waals surface area contributed by atoms with Gasteiger partial charge in [0, 0.05) is 30.9 Å². The molecule has 0 spiro atoms. The predicted molar refractivity (Wildman–Crippen MR) is 64.1 cm³/mol. The van der Waals surface area contributed by atoms with E-state index in [0.717, 1.165) is 49.4 Å². The lowest BCUT2D eigenvalue weighted by atomic mass is 10.0. The van der Waals surface area contributed by atoms with Crippen LogP contribution in [0.2, 0.25) is 0 Å². The Morgan fingerprint density at radius 2 is 2.38 bits per heavy atom. The van der Waals surface area contributed by atoms with E-state index in [2.05, 4.69) is 9.97 Å². The summed E-state index contributed by atoms with van der Waals surface area (Å²) in [7, 11) is 0. The fourth-order valence-electron chi connectivity index (χ4n) is 2.62. The van der Waals surface area contributed by atoms with Crippen LogP contribution < -0.4 is 0 Å². The number of rotatable bonds is 2. The Balaban J connectivity index is 1.85. The van der Waals surface area contributed by atoms with E-state index in [1.807, 2.05) is 0 Å². The summed E-state index contributed by atoms with van der Waals surface area (Å²) in [5.74, 6) is 1.68. The van der Waals surface area contributed by atoms with Gasteiger partial charge in [-0.1, -0.05) is 12.2 Å². The summed E-state index contributed by atoms with van der Waals surface area (Å²) in [4.78, 5) is 7.97. The second-order valence-corrected chi connectivity index (χ2v) is 5.12. The zero-order valence-electron chi connectivity index (χ0n) is 9.29. The van der Waals surface area contributed by atoms with Gasteiger partial charge in [-0.25, -0.2) is 4.98 Å². The summed E-state index contributed by atoms with van der Waals surface area (Å²) in [5, 5.41) is 0. The minimum absolute atomic E-state index is 0.623. The molecule has 1 unspecified atom stereocenters. The molecule has 0 amide bonds. The third kappa shape index (κ3) is 1.92. The van der Waals surface area contributed by atoms with Crippen molar-refractivity contribution < 1.29 is 4.74 Å². The number of aromatic nitrogens is 2. The number of nitrogens with one attached hydrogen (secondary N) is 1. The largest absolute Gasteiger partial charge is 0.381 e. The molecule has 1 aromatic rings. The number of nitrogens with zero attached hydrogens (tertiary/aromatic N) is 1. The van der Waals surface area contributed by atoms with E-state index in [4.69, 9.17) is 17.0 Å². The fraction of sp³-hybridized carbons (Fsp3) is 0.667. The number of fused-ring (bicyclic) bond motifs is 1. The summed E-state index contributed by atoms with van der Waals surface area (Å²) in [6, 6.07) is 0. The minimum atomic E-state index is 0.623. The molecule has 1 aliphatic carbocycles. The van der Waals surface area contributed by atoms with Crippen molar-refractivity contribution in [1.82, 2.24) is 9.97 Å². The summed E-state index contributed by atoms with van der Waals surface area (Å²) < 4.78 is 6.20. The van der Waals surface area contributed by atoms with Crippen molar-refractivity contribution in [1.29, 1.82) is 0 Å². The van der Waals surface area contributed by atoms with Gasteiger partial charge in [0.15, 0.2) is 0 Å². The van der Waals surface area contributed by atoms with Crippen molar-refractivity contribution in [2.45, 2.75) is 32.1 Å². The Bertz CT molecular complexity index is 449. The molecule has 0 radical (unpaired) electrons. The van der Waals surface area contributed by atoms with Gasteiger partial charge in [-0.3, -0.25) is 0 Å². The van der Waals surface area contributed by atoms with Crippen LogP contribution in [0.5, 0.6) is 0 Å². The van der Waals surface area contributed by atoms with Crippen LogP contribution in [-0.2, 0) is 24.0 Å². The standard InChI is InChI=1S/C12H16N2OS/c16-12-9-2-1-3-10(9)13-11(14-12)6-8-4-5-15-7-8/h8H,1-7H2,(H,13,14,16). The molecule has 2 aliphatic rings. The van der Waals surface area contributed by atoms with Gasteiger partial charge in [0.1, 0.15) is 10.5 Å². The summed E-state index contributed by atoms with van der Waals surface area (Å²) in [6.45, 7) is 1.77. The van der Waals surface area contributed by atoms with E-state index < -0.39 is 0 Å². The summed E-state index contributed by atoms with van der Waals surface area (Å²) >= 11 is 5.34. The highest BCUT2D eigenvalue weighted by atomic mass is 32.1. The van der Waals surface area contributed by atoms with Crippen molar-refractivity contribution in [3.05, 3.63) is 21.7 Å². The predicted octanol–water partition coefficient (Wildman–Crippen LogP) is 2.21. The molecule has 1 N–H and O–H groups in total. The SMILES string of the molecule is S=c1nc(CC2CCOC2)[nH]c2c1CCC2. The Morgan fingerprint density at radius 3 is 3.19 bits per heavy atom. The molecule has 0 saturated carbocycles. The maximum Gasteiger partial charge on any atom is 0.133 e. The molecule has 0 bridgehead atoms. The first-order valence-corrected chi connectivity index (χ1v) is 6.42. The molecule has 2 heterocycles. The molecule has 1 aliphatic heterocycles. The van der Waals surface area contributed by atoms with Crippen molar-refractivity contribution in [3.63, 3.8) is 0 Å². The average molecular weight is 236 g/mol. The van der Waals surface area contributed by atoms with Crippen LogP contribution in [0.1, 0.15) is 29.9 Å². The Labute approximate surface area is 100 Å². The molecule has 1 saturated heterocycles. The van der Waals surface area contributed by atoms with Gasteiger partial charge in [-0.05, 0) is 31.6 Å². The van der Waals surface area contributed by atoms with Gasteiger partial charge >= 0.3 is 0 Å². The van der Waals surface area contributed by atoms with E-state index in [1.54, 1.807) is 0 Å². The van der Waals surface area contributed by atoms with Crippen LogP contribution in [0, 0.1) is 10.6 Å². The summed E-state index contributed by atoms with van der Waals surface area (Å²) in [6.07, 6.45) is 5.59. The Morgan fingerprint density at radius 1 is 1.44 bits per heavy atom. The second-order valence-electron chi connectivity index (χ2n) is 4.73. The molecule has 16 heavy (non-hydrogen) atoms. The topological polar surface area (TPSA) is 37.9 Å². The molecular weight excluding hydrogens is 220 g/mol. The third-order valence-corrected chi connectivity index (χ3v) is 3.85. The molecule has 4 heteroatoms. The normalized spacial score (nSPS) is 23.6. The fourth-order valence-corrected chi connectivity index (χ4v) is 2.96. The van der Waals surface area contributed by atoms with Gasteiger partial charge in [-0.15, -0.1) is 0 Å². The van der Waals surface area contributed by atoms with E-state index in [9.17, 15) is 0 Å². The molecule has 1 atom stereocenters. The number of aryl methyl sites for hydroxylation is 1. The van der Waals surface area contributed by atoms with Crippen molar-refractivity contribution in [3.8, 4) is 0 Å². The van der Waals surface area contributed by atoms with Crippen LogP contribution in [-0.4, -0.2) is 23.2 Å². The van der Waals surface area contributed by atoms with E-state index >= 15 is 0 Å². The first-order chi connectivity index (χ1) is 7.83. The zero-order valence-corrected chi connectivity index (χ0v) is 10.1. The zero-order chi connectivity index (χ0) is 11.0. The molecule has 0 aromatic carbocycles. The van der Waals surface area contributed by atoms with Crippen LogP contribution in [0.15, 0.2) is 0 Å². The van der Waals surface area contributed by atoms with Crippen molar-refractivity contribution in [2.75, 3.05) is 13.2 Å². The lowest BCUT2D eigenvalue weighted by molar-refractivity contribution is 0.185. The van der Waals surface area contributed by atoms with Crippen LogP contribution in [0.25, 0.3) is 0 Å². The second kappa shape index (κ2) is 4.26. The quantitative estimate of drug-likeness (QED) is 0.800. The van der Waals surface area contributed by atoms with Gasteiger partial charge in [0.2, 0.25) is 0 Å². The highest BCUT2D eigenvalue weighted by molar-refractivity contribution is 7.71. The highest BCUT2D eigenvalue weighted by Gasteiger charge is 2.19. The summed E-state index contributed by atoms with van der Waals surface area (Å²) in [5.41, 5.74) is 2.61. The monoisotopic (exact) mass is 236 g/mol. The van der Waals surface area contributed by atoms with Crippen molar-refractivity contribution in [2.24, 2.45) is 5.92 Å². The molecule has 1 fully saturated rings. The van der Waals surface area contributed by atoms with E-state index in [1.165, 1.54) is 17.7 Å². The lowest BCUT2D eigenvalue weighted by Gasteiger charge is -2.09. The van der Waals surface area contributed by atoms with Gasteiger partial charge in [0.05, 0.1) is 0 Å². The van der Waals surface area contributed by atoms with Crippen LogP contribution >= 0.6 is 12.2 Å². The molecule has 3 nitrogen and oxygen atoms in total. The van der Waals surface area contributed by atoms with Gasteiger partial charge in [0.25, 0.3) is 0 Å². The Hall–Kier alpha value is -0.740. The van der Waals surface area contributed by atoms with Gasteiger partial charge < -0.3 is 9.72 Å². The first-order valence-electron chi connectivity index (χ1n) is 6.01. The lowest BCUT2D eigenvalue weighted by Crippen LogP contribution is -2.09.